The molecule has 0 bridgehead atoms. The number of rotatable bonds is 2. The topological polar surface area (TPSA) is 75.7 Å². The van der Waals surface area contributed by atoms with E-state index < -0.39 is 15.9 Å². The summed E-state index contributed by atoms with van der Waals surface area (Å²) in [4.78, 5) is 12.7. The van der Waals surface area contributed by atoms with E-state index in [-0.39, 0.29) is 21.2 Å². The van der Waals surface area contributed by atoms with Gasteiger partial charge in [-0.15, -0.1) is 0 Å². The van der Waals surface area contributed by atoms with Crippen LogP contribution in [0.1, 0.15) is 35.7 Å². The number of anilines is 1. The summed E-state index contributed by atoms with van der Waals surface area (Å²) in [6.07, 6.45) is 1.61. The number of nitrogens with zero attached hydrogens (tertiary/aromatic N) is 1. The Hall–Kier alpha value is -2.09. The van der Waals surface area contributed by atoms with Crippen molar-refractivity contribution in [1.29, 1.82) is 0 Å². The molecular weight excluding hydrogens is 400 g/mol. The molecule has 4 rings (SSSR count). The first-order valence-electron chi connectivity index (χ1n) is 9.19. The molecule has 0 unspecified atom stereocenters. The van der Waals surface area contributed by atoms with Crippen LogP contribution < -0.4 is 10.1 Å². The zero-order chi connectivity index (χ0) is 20.1. The number of ether oxygens (including phenoxy) is 1. The van der Waals surface area contributed by atoms with Crippen LogP contribution in [0.3, 0.4) is 0 Å². The standard InChI is InChI=1S/C20H21ClN2O4S/c1-12-5-7-23(8-6-12)28(25,26)19-10-14-18(11-15(19)21)27-17-4-3-13(2)9-16(17)22-20(14)24/h3-4,9-12H,5-8H2,1-2H3,(H,22,24). The van der Waals surface area contributed by atoms with E-state index in [0.717, 1.165) is 18.4 Å². The Morgan fingerprint density at radius 3 is 2.57 bits per heavy atom. The highest BCUT2D eigenvalue weighted by molar-refractivity contribution is 7.89. The van der Waals surface area contributed by atoms with Crippen LogP contribution in [0, 0.1) is 12.8 Å². The summed E-state index contributed by atoms with van der Waals surface area (Å²) < 4.78 is 33.5. The highest BCUT2D eigenvalue weighted by Crippen LogP contribution is 2.40. The van der Waals surface area contributed by atoms with Gasteiger partial charge in [0.1, 0.15) is 10.6 Å². The number of nitrogens with one attached hydrogen (secondary N) is 1. The van der Waals surface area contributed by atoms with Crippen LogP contribution in [-0.2, 0) is 10.0 Å². The van der Waals surface area contributed by atoms with Gasteiger partial charge >= 0.3 is 0 Å². The lowest BCUT2D eigenvalue weighted by molar-refractivity contribution is 0.102. The number of hydrogen-bond donors (Lipinski definition) is 1. The van der Waals surface area contributed by atoms with E-state index in [1.165, 1.54) is 16.4 Å². The molecule has 0 saturated carbocycles. The van der Waals surface area contributed by atoms with Gasteiger partial charge in [0.2, 0.25) is 10.0 Å². The molecule has 2 aromatic carbocycles. The van der Waals surface area contributed by atoms with Gasteiger partial charge in [-0.1, -0.05) is 24.6 Å². The van der Waals surface area contributed by atoms with Gasteiger partial charge in [-0.3, -0.25) is 4.79 Å². The SMILES string of the molecule is Cc1ccc2c(c1)NC(=O)c1cc(S(=O)(=O)N3CCC(C)CC3)c(Cl)cc1O2. The lowest BCUT2D eigenvalue weighted by Gasteiger charge is -2.29. The van der Waals surface area contributed by atoms with Gasteiger partial charge in [-0.25, -0.2) is 8.42 Å². The summed E-state index contributed by atoms with van der Waals surface area (Å²) in [5.41, 5.74) is 1.64. The average molecular weight is 421 g/mol. The van der Waals surface area contributed by atoms with Crippen LogP contribution in [0.25, 0.3) is 0 Å². The molecule has 2 aliphatic heterocycles. The van der Waals surface area contributed by atoms with Crippen molar-refractivity contribution in [1.82, 2.24) is 4.31 Å². The highest BCUT2D eigenvalue weighted by atomic mass is 35.5. The van der Waals surface area contributed by atoms with Crippen molar-refractivity contribution in [2.75, 3.05) is 18.4 Å². The van der Waals surface area contributed by atoms with Crippen molar-refractivity contribution in [3.8, 4) is 11.5 Å². The summed E-state index contributed by atoms with van der Waals surface area (Å²) in [5, 5.41) is 2.83. The van der Waals surface area contributed by atoms with Gasteiger partial charge < -0.3 is 10.1 Å². The number of fused-ring (bicyclic) bond motifs is 2. The van der Waals surface area contributed by atoms with Crippen LogP contribution in [0.2, 0.25) is 5.02 Å². The molecule has 1 fully saturated rings. The molecular formula is C20H21ClN2O4S. The Labute approximate surface area is 169 Å². The first-order chi connectivity index (χ1) is 13.3. The Balaban J connectivity index is 1.75. The lowest BCUT2D eigenvalue weighted by atomic mass is 10.0. The van der Waals surface area contributed by atoms with Gasteiger partial charge in [0.15, 0.2) is 5.75 Å². The fourth-order valence-electron chi connectivity index (χ4n) is 3.50. The maximum Gasteiger partial charge on any atom is 0.259 e. The number of benzene rings is 2. The van der Waals surface area contributed by atoms with Gasteiger partial charge in [0.25, 0.3) is 5.91 Å². The molecule has 2 heterocycles. The van der Waals surface area contributed by atoms with Crippen LogP contribution in [0.4, 0.5) is 5.69 Å². The quantitative estimate of drug-likeness (QED) is 0.779. The molecule has 28 heavy (non-hydrogen) atoms. The average Bonchev–Trinajstić information content (AvgIpc) is 2.76. The second-order valence-corrected chi connectivity index (χ2v) is 9.73. The van der Waals surface area contributed by atoms with E-state index in [1.54, 1.807) is 12.1 Å². The van der Waals surface area contributed by atoms with E-state index in [0.29, 0.717) is 30.4 Å². The number of carbonyl (C=O) groups excluding carboxylic acids is 1. The van der Waals surface area contributed by atoms with Crippen molar-refractivity contribution in [2.24, 2.45) is 5.92 Å². The summed E-state index contributed by atoms with van der Waals surface area (Å²) in [6.45, 7) is 4.92. The third-order valence-corrected chi connectivity index (χ3v) is 7.61. The first-order valence-corrected chi connectivity index (χ1v) is 11.0. The summed E-state index contributed by atoms with van der Waals surface area (Å²) in [5.74, 6) is 0.778. The number of sulfonamides is 1. The third-order valence-electron chi connectivity index (χ3n) is 5.24. The van der Waals surface area contributed by atoms with Gasteiger partial charge in [-0.05, 0) is 49.4 Å². The number of aryl methyl sites for hydroxylation is 1. The number of carbonyl (C=O) groups is 1. The second-order valence-electron chi connectivity index (χ2n) is 7.42. The van der Waals surface area contributed by atoms with Gasteiger partial charge in [0, 0.05) is 19.2 Å². The molecule has 2 aromatic rings. The third kappa shape index (κ3) is 3.38. The van der Waals surface area contributed by atoms with Crippen LogP contribution in [-0.4, -0.2) is 31.7 Å². The summed E-state index contributed by atoms with van der Waals surface area (Å²) >= 11 is 6.33. The number of halogens is 1. The fraction of sp³-hybridized carbons (Fsp3) is 0.350. The smallest absolute Gasteiger partial charge is 0.259 e. The molecule has 8 heteroatoms. The monoisotopic (exact) mass is 420 g/mol. The maximum atomic E-state index is 13.1. The molecule has 1 amide bonds. The number of piperidine rings is 1. The van der Waals surface area contributed by atoms with E-state index >= 15 is 0 Å². The van der Waals surface area contributed by atoms with Gasteiger partial charge in [-0.2, -0.15) is 4.31 Å². The van der Waals surface area contributed by atoms with E-state index in [2.05, 4.69) is 12.2 Å². The molecule has 148 valence electrons. The minimum Gasteiger partial charge on any atom is -0.454 e. The minimum absolute atomic E-state index is 0.0423. The predicted octanol–water partition coefficient (Wildman–Crippen LogP) is 4.43. The molecule has 0 radical (unpaired) electrons. The molecule has 0 atom stereocenters. The molecule has 6 nitrogen and oxygen atoms in total. The van der Waals surface area contributed by atoms with Crippen LogP contribution >= 0.6 is 11.6 Å². The normalized spacial score (nSPS) is 17.9. The molecule has 0 aliphatic carbocycles. The van der Waals surface area contributed by atoms with Crippen molar-refractivity contribution < 1.29 is 17.9 Å². The summed E-state index contributed by atoms with van der Waals surface area (Å²) in [6, 6.07) is 8.15. The Bertz CT molecular complexity index is 1060. The Kier molecular flexibility index (Phi) is 4.85. The second kappa shape index (κ2) is 7.06. The number of amides is 1. The molecule has 1 N–H and O–H groups in total. The van der Waals surface area contributed by atoms with Gasteiger partial charge in [0.05, 0.1) is 16.3 Å². The number of hydrogen-bond acceptors (Lipinski definition) is 4. The molecule has 0 spiro atoms. The van der Waals surface area contributed by atoms with Crippen molar-refractivity contribution >= 4 is 33.2 Å². The summed E-state index contributed by atoms with van der Waals surface area (Å²) in [7, 11) is -3.79. The largest absolute Gasteiger partial charge is 0.454 e. The van der Waals surface area contributed by atoms with E-state index in [1.807, 2.05) is 13.0 Å². The van der Waals surface area contributed by atoms with E-state index in [9.17, 15) is 13.2 Å². The first kappa shape index (κ1) is 19.2. The molecule has 0 aromatic heterocycles. The zero-order valence-corrected chi connectivity index (χ0v) is 17.2. The Morgan fingerprint density at radius 1 is 1.14 bits per heavy atom. The zero-order valence-electron chi connectivity index (χ0n) is 15.7. The van der Waals surface area contributed by atoms with Crippen molar-refractivity contribution in [2.45, 2.75) is 31.6 Å². The van der Waals surface area contributed by atoms with Crippen molar-refractivity contribution in [3.63, 3.8) is 0 Å². The highest BCUT2D eigenvalue weighted by Gasteiger charge is 2.32. The van der Waals surface area contributed by atoms with Crippen LogP contribution in [0.5, 0.6) is 11.5 Å². The Morgan fingerprint density at radius 2 is 1.86 bits per heavy atom. The van der Waals surface area contributed by atoms with Crippen molar-refractivity contribution in [3.05, 3.63) is 46.5 Å². The fourth-order valence-corrected chi connectivity index (χ4v) is 5.49. The predicted molar refractivity (Wildman–Crippen MR) is 108 cm³/mol. The van der Waals surface area contributed by atoms with Crippen LogP contribution in [0.15, 0.2) is 35.2 Å². The molecule has 1 saturated heterocycles. The van der Waals surface area contributed by atoms with E-state index in [4.69, 9.17) is 16.3 Å². The lowest BCUT2D eigenvalue weighted by Crippen LogP contribution is -2.38. The maximum absolute atomic E-state index is 13.1. The minimum atomic E-state index is -3.79. The molecule has 2 aliphatic rings.